The summed E-state index contributed by atoms with van der Waals surface area (Å²) in [6.07, 6.45) is 7.49. The number of benzene rings is 1. The highest BCUT2D eigenvalue weighted by atomic mass is 32.1. The van der Waals surface area contributed by atoms with Gasteiger partial charge in [-0.05, 0) is 42.7 Å². The van der Waals surface area contributed by atoms with Crippen molar-refractivity contribution in [3.05, 3.63) is 89.1 Å². The molecule has 0 aliphatic carbocycles. The zero-order valence-electron chi connectivity index (χ0n) is 17.3. The van der Waals surface area contributed by atoms with E-state index in [1.165, 1.54) is 23.5 Å². The number of pyridine rings is 1. The second-order valence-corrected chi connectivity index (χ2v) is 8.71. The van der Waals surface area contributed by atoms with E-state index in [1.807, 2.05) is 11.0 Å². The average molecular weight is 449 g/mol. The van der Waals surface area contributed by atoms with E-state index in [-0.39, 0.29) is 17.6 Å². The Labute approximate surface area is 188 Å². The minimum absolute atomic E-state index is 0.0377. The molecule has 0 radical (unpaired) electrons. The standard InChI is InChI=1S/C24H21FN4O2S/c25-18-7-5-16(6-8-18)11-19-12-28-23(31-19)17-3-2-10-29(14-17)24(30)20-4-1-9-27-22(20)21-13-26-15-32-21/h1,4-9,12-13,15,17H,2-3,10-11,14H2/t17-/m0/s1. The van der Waals surface area contributed by atoms with E-state index in [9.17, 15) is 9.18 Å². The van der Waals surface area contributed by atoms with Gasteiger partial charge in [-0.3, -0.25) is 14.8 Å². The highest BCUT2D eigenvalue weighted by molar-refractivity contribution is 7.13. The number of oxazole rings is 1. The number of amides is 1. The first-order valence-electron chi connectivity index (χ1n) is 10.5. The molecular formula is C24H21FN4O2S. The average Bonchev–Trinajstić information content (AvgIpc) is 3.53. The van der Waals surface area contributed by atoms with Crippen molar-refractivity contribution in [2.75, 3.05) is 13.1 Å². The molecule has 1 aromatic carbocycles. The highest BCUT2D eigenvalue weighted by Gasteiger charge is 2.30. The van der Waals surface area contributed by atoms with Crippen molar-refractivity contribution in [3.63, 3.8) is 0 Å². The van der Waals surface area contributed by atoms with Crippen LogP contribution in [0.15, 0.2) is 64.9 Å². The summed E-state index contributed by atoms with van der Waals surface area (Å²) < 4.78 is 19.1. The van der Waals surface area contributed by atoms with Gasteiger partial charge in [0.05, 0.1) is 33.8 Å². The molecule has 4 heterocycles. The number of likely N-dealkylation sites (tertiary alicyclic amines) is 1. The van der Waals surface area contributed by atoms with Crippen LogP contribution in [0, 0.1) is 5.82 Å². The van der Waals surface area contributed by atoms with Gasteiger partial charge in [-0.25, -0.2) is 9.37 Å². The van der Waals surface area contributed by atoms with Gasteiger partial charge < -0.3 is 9.32 Å². The van der Waals surface area contributed by atoms with Gasteiger partial charge in [0.15, 0.2) is 5.89 Å². The van der Waals surface area contributed by atoms with E-state index in [1.54, 1.807) is 42.3 Å². The maximum Gasteiger partial charge on any atom is 0.256 e. The number of hydrogen-bond donors (Lipinski definition) is 0. The lowest BCUT2D eigenvalue weighted by Crippen LogP contribution is -2.39. The van der Waals surface area contributed by atoms with Crippen molar-refractivity contribution >= 4 is 17.2 Å². The number of thiazole rings is 1. The molecule has 1 saturated heterocycles. The van der Waals surface area contributed by atoms with Gasteiger partial charge >= 0.3 is 0 Å². The summed E-state index contributed by atoms with van der Waals surface area (Å²) in [4.78, 5) is 29.1. The third-order valence-corrected chi connectivity index (χ3v) is 6.40. The zero-order valence-corrected chi connectivity index (χ0v) is 18.1. The van der Waals surface area contributed by atoms with Crippen molar-refractivity contribution < 1.29 is 13.6 Å². The molecule has 8 heteroatoms. The number of carbonyl (C=O) groups is 1. The van der Waals surface area contributed by atoms with E-state index in [0.717, 1.165) is 29.0 Å². The first-order chi connectivity index (χ1) is 15.7. The maximum atomic E-state index is 13.4. The number of piperidine rings is 1. The molecule has 1 amide bonds. The number of halogens is 1. The Balaban J connectivity index is 1.31. The van der Waals surface area contributed by atoms with E-state index >= 15 is 0 Å². The Bertz CT molecular complexity index is 1210. The molecule has 4 aromatic rings. The summed E-state index contributed by atoms with van der Waals surface area (Å²) in [7, 11) is 0. The predicted molar refractivity (Wildman–Crippen MR) is 119 cm³/mol. The Morgan fingerprint density at radius 2 is 2.06 bits per heavy atom. The minimum atomic E-state index is -0.258. The molecule has 3 aromatic heterocycles. The largest absolute Gasteiger partial charge is 0.445 e. The monoisotopic (exact) mass is 448 g/mol. The highest BCUT2D eigenvalue weighted by Crippen LogP contribution is 2.30. The molecule has 0 unspecified atom stereocenters. The first-order valence-corrected chi connectivity index (χ1v) is 11.4. The molecule has 1 aliphatic heterocycles. The van der Waals surface area contributed by atoms with E-state index in [2.05, 4.69) is 15.0 Å². The van der Waals surface area contributed by atoms with Crippen LogP contribution in [0.1, 0.15) is 46.3 Å². The molecular weight excluding hydrogens is 427 g/mol. The molecule has 6 nitrogen and oxygen atoms in total. The SMILES string of the molecule is O=C(c1cccnc1-c1cncs1)N1CCC[C@H](c2ncc(Cc3ccc(F)cc3)o2)C1. The van der Waals surface area contributed by atoms with Crippen molar-refractivity contribution in [2.45, 2.75) is 25.2 Å². The summed E-state index contributed by atoms with van der Waals surface area (Å²) in [5, 5.41) is 0. The summed E-state index contributed by atoms with van der Waals surface area (Å²) in [6.45, 7) is 1.24. The molecule has 1 atom stereocenters. The summed E-state index contributed by atoms with van der Waals surface area (Å²) in [5.74, 6) is 1.12. The lowest BCUT2D eigenvalue weighted by atomic mass is 9.97. The van der Waals surface area contributed by atoms with E-state index in [0.29, 0.717) is 36.7 Å². The van der Waals surface area contributed by atoms with Crippen LogP contribution in [0.3, 0.4) is 0 Å². The maximum absolute atomic E-state index is 13.4. The molecule has 0 N–H and O–H groups in total. The Morgan fingerprint density at radius 3 is 2.88 bits per heavy atom. The van der Waals surface area contributed by atoms with Crippen LogP contribution in [0.25, 0.3) is 10.6 Å². The number of nitrogens with zero attached hydrogens (tertiary/aromatic N) is 4. The lowest BCUT2D eigenvalue weighted by molar-refractivity contribution is 0.0698. The van der Waals surface area contributed by atoms with Gasteiger partial charge in [-0.2, -0.15) is 0 Å². The second-order valence-electron chi connectivity index (χ2n) is 7.82. The molecule has 32 heavy (non-hydrogen) atoms. The number of aromatic nitrogens is 3. The number of rotatable bonds is 5. The molecule has 1 aliphatic rings. The van der Waals surface area contributed by atoms with E-state index in [4.69, 9.17) is 4.42 Å². The van der Waals surface area contributed by atoms with Crippen molar-refractivity contribution in [2.24, 2.45) is 0 Å². The first kappa shape index (κ1) is 20.5. The van der Waals surface area contributed by atoms with Crippen molar-refractivity contribution in [1.82, 2.24) is 19.9 Å². The predicted octanol–water partition coefficient (Wildman–Crippen LogP) is 4.94. The number of carbonyl (C=O) groups excluding carboxylic acids is 1. The van der Waals surface area contributed by atoms with Crippen LogP contribution < -0.4 is 0 Å². The summed E-state index contributed by atoms with van der Waals surface area (Å²) >= 11 is 1.47. The van der Waals surface area contributed by atoms with Gasteiger partial charge in [0.2, 0.25) is 0 Å². The van der Waals surface area contributed by atoms with Crippen LogP contribution >= 0.6 is 11.3 Å². The molecule has 1 fully saturated rings. The molecule has 5 rings (SSSR count). The van der Waals surface area contributed by atoms with E-state index < -0.39 is 0 Å². The third-order valence-electron chi connectivity index (χ3n) is 5.62. The molecule has 0 bridgehead atoms. The van der Waals surface area contributed by atoms with Gasteiger partial charge in [0.25, 0.3) is 5.91 Å². The smallest absolute Gasteiger partial charge is 0.256 e. The van der Waals surface area contributed by atoms with Crippen LogP contribution in [0.2, 0.25) is 0 Å². The molecule has 0 saturated carbocycles. The summed E-state index contributed by atoms with van der Waals surface area (Å²) in [6, 6.07) is 9.97. The Morgan fingerprint density at radius 1 is 1.19 bits per heavy atom. The lowest BCUT2D eigenvalue weighted by Gasteiger charge is -2.31. The zero-order chi connectivity index (χ0) is 21.9. The Kier molecular flexibility index (Phi) is 5.77. The fraction of sp³-hybridized carbons (Fsp3) is 0.250. The summed E-state index contributed by atoms with van der Waals surface area (Å²) in [5.41, 5.74) is 3.95. The fourth-order valence-electron chi connectivity index (χ4n) is 4.04. The van der Waals surface area contributed by atoms with Crippen molar-refractivity contribution in [3.8, 4) is 10.6 Å². The number of hydrogen-bond acceptors (Lipinski definition) is 6. The fourth-order valence-corrected chi connectivity index (χ4v) is 4.67. The van der Waals surface area contributed by atoms with Gasteiger partial charge in [-0.15, -0.1) is 11.3 Å². The van der Waals surface area contributed by atoms with Gasteiger partial charge in [0.1, 0.15) is 11.6 Å². The van der Waals surface area contributed by atoms with Gasteiger partial charge in [0, 0.05) is 31.9 Å². The van der Waals surface area contributed by atoms with Crippen LogP contribution in [-0.4, -0.2) is 38.8 Å². The quantitative estimate of drug-likeness (QED) is 0.432. The van der Waals surface area contributed by atoms with Crippen LogP contribution in [0.5, 0.6) is 0 Å². The normalized spacial score (nSPS) is 16.3. The molecule has 0 spiro atoms. The molecule has 162 valence electrons. The van der Waals surface area contributed by atoms with Crippen LogP contribution in [0.4, 0.5) is 4.39 Å². The second kappa shape index (κ2) is 9.00. The van der Waals surface area contributed by atoms with Crippen molar-refractivity contribution in [1.29, 1.82) is 0 Å². The van der Waals surface area contributed by atoms with Crippen LogP contribution in [-0.2, 0) is 6.42 Å². The topological polar surface area (TPSA) is 72.1 Å². The van der Waals surface area contributed by atoms with Gasteiger partial charge in [-0.1, -0.05) is 12.1 Å². The Hall–Kier alpha value is -3.39. The third kappa shape index (κ3) is 4.31. The minimum Gasteiger partial charge on any atom is -0.445 e.